The van der Waals surface area contributed by atoms with Crippen LogP contribution in [0.4, 0.5) is 13.2 Å². The van der Waals surface area contributed by atoms with Gasteiger partial charge in [0.1, 0.15) is 5.69 Å². The summed E-state index contributed by atoms with van der Waals surface area (Å²) in [5.74, 6) is 0.0803. The zero-order chi connectivity index (χ0) is 19.8. The zero-order valence-corrected chi connectivity index (χ0v) is 15.9. The summed E-state index contributed by atoms with van der Waals surface area (Å²) in [6.45, 7) is 6.85. The van der Waals surface area contributed by atoms with Gasteiger partial charge < -0.3 is 4.90 Å². The average molecular weight is 382 g/mol. The minimum atomic E-state index is -4.50. The Morgan fingerprint density at radius 2 is 1.93 bits per heavy atom. The lowest BCUT2D eigenvalue weighted by molar-refractivity contribution is -0.142. The number of halogens is 3. The van der Waals surface area contributed by atoms with Gasteiger partial charge in [-0.15, -0.1) is 0 Å². The molecule has 8 heteroatoms. The topological polar surface area (TPSA) is 50.5 Å². The van der Waals surface area contributed by atoms with E-state index in [-0.39, 0.29) is 23.4 Å². The van der Waals surface area contributed by atoms with Crippen LogP contribution in [0.2, 0.25) is 0 Å². The van der Waals surface area contributed by atoms with E-state index in [4.69, 9.17) is 0 Å². The molecule has 0 unspecified atom stereocenters. The lowest BCUT2D eigenvalue weighted by atomic mass is 9.93. The number of likely N-dealkylation sites (tertiary alicyclic amines) is 1. The van der Waals surface area contributed by atoms with E-state index in [1.54, 1.807) is 6.07 Å². The number of rotatable bonds is 4. The van der Waals surface area contributed by atoms with Crippen molar-refractivity contribution >= 4 is 11.6 Å². The first kappa shape index (κ1) is 19.6. The SMILES string of the molecule is CCCC(=O)N1CCC(c2cc3nc(C(C)C)cc(C(F)(F)F)n3n2)CC1. The van der Waals surface area contributed by atoms with Gasteiger partial charge >= 0.3 is 6.18 Å². The number of hydrogen-bond donors (Lipinski definition) is 0. The number of fused-ring (bicyclic) bond motifs is 1. The minimum Gasteiger partial charge on any atom is -0.343 e. The van der Waals surface area contributed by atoms with Gasteiger partial charge in [-0.1, -0.05) is 20.8 Å². The highest BCUT2D eigenvalue weighted by Gasteiger charge is 2.36. The van der Waals surface area contributed by atoms with Gasteiger partial charge in [0.25, 0.3) is 0 Å². The Balaban J connectivity index is 1.88. The van der Waals surface area contributed by atoms with E-state index in [1.165, 1.54) is 0 Å². The summed E-state index contributed by atoms with van der Waals surface area (Å²) >= 11 is 0. The van der Waals surface area contributed by atoms with E-state index in [0.29, 0.717) is 43.7 Å². The average Bonchev–Trinajstić information content (AvgIpc) is 3.04. The Bertz CT molecular complexity index is 820. The van der Waals surface area contributed by atoms with E-state index in [9.17, 15) is 18.0 Å². The molecule has 2 aromatic heterocycles. The van der Waals surface area contributed by atoms with Gasteiger partial charge in [-0.25, -0.2) is 9.50 Å². The Morgan fingerprint density at radius 1 is 1.26 bits per heavy atom. The third-order valence-corrected chi connectivity index (χ3v) is 5.08. The molecule has 0 bridgehead atoms. The lowest BCUT2D eigenvalue weighted by Gasteiger charge is -2.31. The summed E-state index contributed by atoms with van der Waals surface area (Å²) in [5.41, 5.74) is 0.462. The quantitative estimate of drug-likeness (QED) is 0.789. The molecule has 2 aromatic rings. The Morgan fingerprint density at radius 3 is 2.48 bits per heavy atom. The summed E-state index contributed by atoms with van der Waals surface area (Å²) in [6, 6.07) is 2.75. The summed E-state index contributed by atoms with van der Waals surface area (Å²) in [7, 11) is 0. The predicted molar refractivity (Wildman–Crippen MR) is 95.5 cm³/mol. The fourth-order valence-corrected chi connectivity index (χ4v) is 3.51. The maximum Gasteiger partial charge on any atom is 0.433 e. The van der Waals surface area contributed by atoms with Crippen LogP contribution in [0.1, 0.15) is 75.4 Å². The Kier molecular flexibility index (Phi) is 5.44. The number of carbonyl (C=O) groups is 1. The maximum atomic E-state index is 13.5. The first-order chi connectivity index (χ1) is 12.7. The lowest BCUT2D eigenvalue weighted by Crippen LogP contribution is -2.37. The number of aromatic nitrogens is 3. The molecule has 148 valence electrons. The summed E-state index contributed by atoms with van der Waals surface area (Å²) in [4.78, 5) is 18.2. The number of piperidine rings is 1. The number of amides is 1. The molecule has 0 saturated carbocycles. The third-order valence-electron chi connectivity index (χ3n) is 5.08. The second-order valence-corrected chi connectivity index (χ2v) is 7.46. The molecule has 0 spiro atoms. The van der Waals surface area contributed by atoms with Crippen LogP contribution in [-0.4, -0.2) is 38.5 Å². The molecule has 3 rings (SSSR count). The van der Waals surface area contributed by atoms with Crippen molar-refractivity contribution in [1.82, 2.24) is 19.5 Å². The molecule has 1 aliphatic rings. The molecule has 0 N–H and O–H groups in total. The first-order valence-corrected chi connectivity index (χ1v) is 9.46. The van der Waals surface area contributed by atoms with Crippen molar-refractivity contribution in [2.24, 2.45) is 0 Å². The monoisotopic (exact) mass is 382 g/mol. The van der Waals surface area contributed by atoms with Crippen molar-refractivity contribution in [3.05, 3.63) is 29.2 Å². The van der Waals surface area contributed by atoms with E-state index in [2.05, 4.69) is 10.1 Å². The molecule has 27 heavy (non-hydrogen) atoms. The second-order valence-electron chi connectivity index (χ2n) is 7.46. The molecule has 5 nitrogen and oxygen atoms in total. The van der Waals surface area contributed by atoms with Crippen LogP contribution in [-0.2, 0) is 11.0 Å². The van der Waals surface area contributed by atoms with E-state index in [0.717, 1.165) is 17.0 Å². The smallest absolute Gasteiger partial charge is 0.343 e. The molecule has 1 amide bonds. The molecule has 0 aromatic carbocycles. The molecule has 0 atom stereocenters. The fourth-order valence-electron chi connectivity index (χ4n) is 3.51. The zero-order valence-electron chi connectivity index (χ0n) is 15.9. The van der Waals surface area contributed by atoms with E-state index < -0.39 is 11.9 Å². The standard InChI is InChI=1S/C19H25F3N4O/c1-4-5-18(27)25-8-6-13(7-9-25)15-11-17-23-14(12(2)3)10-16(19(20,21)22)26(17)24-15/h10-13H,4-9H2,1-3H3. The third kappa shape index (κ3) is 4.09. The highest BCUT2D eigenvalue weighted by Crippen LogP contribution is 2.33. The van der Waals surface area contributed by atoms with Gasteiger partial charge in [0.2, 0.25) is 5.91 Å². The van der Waals surface area contributed by atoms with Crippen LogP contribution in [0.5, 0.6) is 0 Å². The maximum absolute atomic E-state index is 13.5. The molecule has 1 fully saturated rings. The molecular formula is C19H25F3N4O. The Labute approximate surface area is 156 Å². The molecule has 1 saturated heterocycles. The summed E-state index contributed by atoms with van der Waals surface area (Å²) < 4.78 is 41.4. The van der Waals surface area contributed by atoms with E-state index in [1.807, 2.05) is 25.7 Å². The van der Waals surface area contributed by atoms with Crippen LogP contribution >= 0.6 is 0 Å². The van der Waals surface area contributed by atoms with Gasteiger partial charge in [-0.2, -0.15) is 18.3 Å². The number of hydrogen-bond acceptors (Lipinski definition) is 3. The van der Waals surface area contributed by atoms with Crippen LogP contribution in [0.3, 0.4) is 0 Å². The van der Waals surface area contributed by atoms with Gasteiger partial charge in [0, 0.05) is 37.2 Å². The Hall–Kier alpha value is -2.12. The molecule has 0 aliphatic carbocycles. The van der Waals surface area contributed by atoms with Crippen LogP contribution in [0.15, 0.2) is 12.1 Å². The highest BCUT2D eigenvalue weighted by molar-refractivity contribution is 5.76. The molecule has 0 radical (unpaired) electrons. The van der Waals surface area contributed by atoms with Gasteiger partial charge in [0.05, 0.1) is 5.69 Å². The largest absolute Gasteiger partial charge is 0.433 e. The van der Waals surface area contributed by atoms with Crippen molar-refractivity contribution < 1.29 is 18.0 Å². The summed E-state index contributed by atoms with van der Waals surface area (Å²) in [6.07, 6.45) is -1.73. The van der Waals surface area contributed by atoms with Crippen LogP contribution in [0.25, 0.3) is 5.65 Å². The molecule has 1 aliphatic heterocycles. The minimum absolute atomic E-state index is 0.0426. The van der Waals surface area contributed by atoms with E-state index >= 15 is 0 Å². The van der Waals surface area contributed by atoms with Crippen molar-refractivity contribution in [2.45, 2.75) is 64.5 Å². The summed E-state index contributed by atoms with van der Waals surface area (Å²) in [5, 5.41) is 4.24. The fraction of sp³-hybridized carbons (Fsp3) is 0.632. The molecule has 3 heterocycles. The first-order valence-electron chi connectivity index (χ1n) is 9.46. The molecular weight excluding hydrogens is 357 g/mol. The number of alkyl halides is 3. The normalized spacial score (nSPS) is 16.5. The van der Waals surface area contributed by atoms with Crippen LogP contribution < -0.4 is 0 Å². The van der Waals surface area contributed by atoms with Crippen molar-refractivity contribution in [3.63, 3.8) is 0 Å². The van der Waals surface area contributed by atoms with Crippen LogP contribution in [0, 0.1) is 0 Å². The van der Waals surface area contributed by atoms with Gasteiger partial charge in [0.15, 0.2) is 5.65 Å². The van der Waals surface area contributed by atoms with Crippen molar-refractivity contribution in [2.75, 3.05) is 13.1 Å². The second kappa shape index (κ2) is 7.48. The predicted octanol–water partition coefficient (Wildman–Crippen LogP) is 4.38. The van der Waals surface area contributed by atoms with Crippen molar-refractivity contribution in [3.8, 4) is 0 Å². The van der Waals surface area contributed by atoms with Gasteiger partial charge in [-0.05, 0) is 31.2 Å². The van der Waals surface area contributed by atoms with Gasteiger partial charge in [-0.3, -0.25) is 4.79 Å². The highest BCUT2D eigenvalue weighted by atomic mass is 19.4. The van der Waals surface area contributed by atoms with Crippen molar-refractivity contribution in [1.29, 1.82) is 0 Å². The number of carbonyl (C=O) groups excluding carboxylic acids is 1. The number of nitrogens with zero attached hydrogens (tertiary/aromatic N) is 4.